The Morgan fingerprint density at radius 3 is 2.70 bits per heavy atom. The van der Waals surface area contributed by atoms with Crippen LogP contribution in [0.2, 0.25) is 0 Å². The molecule has 2 rings (SSSR count). The van der Waals surface area contributed by atoms with Gasteiger partial charge in [0.15, 0.2) is 0 Å². The Kier molecular flexibility index (Phi) is 4.84. The van der Waals surface area contributed by atoms with Gasteiger partial charge in [0.25, 0.3) is 5.69 Å². The number of hydrogen-bond donors (Lipinski definition) is 0. The van der Waals surface area contributed by atoms with E-state index in [1.165, 1.54) is 0 Å². The molecule has 20 heavy (non-hydrogen) atoms. The number of piperidine rings is 1. The summed E-state index contributed by atoms with van der Waals surface area (Å²) in [5, 5.41) is 10.9. The van der Waals surface area contributed by atoms with E-state index in [0.717, 1.165) is 44.5 Å². The summed E-state index contributed by atoms with van der Waals surface area (Å²) in [6, 6.07) is 5.43. The molecule has 0 spiro atoms. The van der Waals surface area contributed by atoms with Gasteiger partial charge in [0.2, 0.25) is 6.29 Å². The molecule has 5 heteroatoms. The lowest BCUT2D eigenvalue weighted by Crippen LogP contribution is -2.35. The molecule has 0 bridgehead atoms. The van der Waals surface area contributed by atoms with Gasteiger partial charge in [0.1, 0.15) is 0 Å². The van der Waals surface area contributed by atoms with E-state index in [-0.39, 0.29) is 16.5 Å². The van der Waals surface area contributed by atoms with Gasteiger partial charge in [0, 0.05) is 24.1 Å². The summed E-state index contributed by atoms with van der Waals surface area (Å²) in [6.07, 6.45) is 4.62. The third-order valence-electron chi connectivity index (χ3n) is 3.94. The topological polar surface area (TPSA) is 63.5 Å². The molecule has 5 nitrogen and oxygen atoms in total. The molecule has 0 aliphatic carbocycles. The van der Waals surface area contributed by atoms with E-state index < -0.39 is 0 Å². The first-order chi connectivity index (χ1) is 9.60. The first-order valence-corrected chi connectivity index (χ1v) is 6.94. The molecule has 1 fully saturated rings. The lowest BCUT2D eigenvalue weighted by atomic mass is 9.98. The van der Waals surface area contributed by atoms with Crippen LogP contribution >= 0.6 is 0 Å². The highest BCUT2D eigenvalue weighted by Crippen LogP contribution is 2.20. The van der Waals surface area contributed by atoms with Gasteiger partial charge in [-0.2, -0.15) is 0 Å². The number of rotatable bonds is 5. The summed E-state index contributed by atoms with van der Waals surface area (Å²) in [4.78, 5) is 23.5. The molecule has 0 atom stereocenters. The minimum atomic E-state index is -0.329. The molecule has 1 aliphatic rings. The van der Waals surface area contributed by atoms with Crippen LogP contribution in [-0.4, -0.2) is 35.7 Å². The number of aryl methyl sites for hydroxylation is 1. The van der Waals surface area contributed by atoms with Gasteiger partial charge in [0.05, 0.1) is 4.92 Å². The summed E-state index contributed by atoms with van der Waals surface area (Å²) in [5.41, 5.74) is 1.88. The fraction of sp³-hybridized carbons (Fsp3) is 0.533. The number of nitrogens with zero attached hydrogens (tertiary/aromatic N) is 2. The van der Waals surface area contributed by atoms with E-state index in [2.05, 4.69) is 11.2 Å². The predicted octanol–water partition coefficient (Wildman–Crippen LogP) is 2.27. The molecular weight excluding hydrogens is 256 g/mol. The monoisotopic (exact) mass is 275 g/mol. The Bertz CT molecular complexity index is 494. The van der Waals surface area contributed by atoms with E-state index in [9.17, 15) is 14.9 Å². The quantitative estimate of drug-likeness (QED) is 0.611. The second-order valence-corrected chi connectivity index (χ2v) is 5.36. The molecular formula is C15H19N2O3. The lowest BCUT2D eigenvalue weighted by molar-refractivity contribution is -0.385. The van der Waals surface area contributed by atoms with Crippen molar-refractivity contribution in [2.24, 2.45) is 5.92 Å². The Labute approximate surface area is 118 Å². The van der Waals surface area contributed by atoms with Crippen LogP contribution in [0.1, 0.15) is 24.0 Å². The van der Waals surface area contributed by atoms with E-state index in [4.69, 9.17) is 0 Å². The summed E-state index contributed by atoms with van der Waals surface area (Å²) in [7, 11) is 0. The van der Waals surface area contributed by atoms with Crippen LogP contribution in [0.5, 0.6) is 0 Å². The van der Waals surface area contributed by atoms with Crippen molar-refractivity contribution in [3.63, 3.8) is 0 Å². The minimum Gasteiger partial charge on any atom is -0.303 e. The zero-order valence-corrected chi connectivity index (χ0v) is 11.7. The SMILES string of the molecule is Cc1ccc(CCN2CCC([C]=O)CC2)cc1[N+](=O)[O-]. The molecule has 1 aromatic carbocycles. The largest absolute Gasteiger partial charge is 0.303 e. The molecule has 1 saturated heterocycles. The van der Waals surface area contributed by atoms with Gasteiger partial charge in [-0.15, -0.1) is 0 Å². The summed E-state index contributed by atoms with van der Waals surface area (Å²) in [5.74, 6) is 0.0895. The number of likely N-dealkylation sites (tertiary alicyclic amines) is 1. The zero-order chi connectivity index (χ0) is 14.5. The van der Waals surface area contributed by atoms with E-state index in [1.54, 1.807) is 19.1 Å². The Balaban J connectivity index is 1.90. The molecule has 0 unspecified atom stereocenters. The van der Waals surface area contributed by atoms with E-state index >= 15 is 0 Å². The molecule has 1 radical (unpaired) electrons. The average Bonchev–Trinajstić information content (AvgIpc) is 2.46. The number of nitro groups is 1. The Morgan fingerprint density at radius 1 is 1.40 bits per heavy atom. The Morgan fingerprint density at radius 2 is 2.10 bits per heavy atom. The van der Waals surface area contributed by atoms with E-state index in [1.807, 2.05) is 6.07 Å². The van der Waals surface area contributed by atoms with Gasteiger partial charge in [-0.25, -0.2) is 0 Å². The lowest BCUT2D eigenvalue weighted by Gasteiger charge is -2.29. The van der Waals surface area contributed by atoms with Crippen molar-refractivity contribution in [3.05, 3.63) is 39.4 Å². The van der Waals surface area contributed by atoms with Crippen molar-refractivity contribution < 1.29 is 9.72 Å². The van der Waals surface area contributed by atoms with Crippen LogP contribution in [-0.2, 0) is 11.2 Å². The van der Waals surface area contributed by atoms with E-state index in [0.29, 0.717) is 5.56 Å². The first-order valence-electron chi connectivity index (χ1n) is 6.94. The van der Waals surface area contributed by atoms with Crippen molar-refractivity contribution in [1.82, 2.24) is 4.90 Å². The highest BCUT2D eigenvalue weighted by molar-refractivity contribution is 5.54. The zero-order valence-electron chi connectivity index (χ0n) is 11.7. The Hall–Kier alpha value is -1.75. The van der Waals surface area contributed by atoms with Crippen molar-refractivity contribution in [2.75, 3.05) is 19.6 Å². The second-order valence-electron chi connectivity index (χ2n) is 5.36. The third kappa shape index (κ3) is 3.63. The molecule has 0 N–H and O–H groups in total. The summed E-state index contributed by atoms with van der Waals surface area (Å²) in [6.45, 7) is 4.45. The van der Waals surface area contributed by atoms with Crippen molar-refractivity contribution in [1.29, 1.82) is 0 Å². The van der Waals surface area contributed by atoms with Crippen LogP contribution in [0.15, 0.2) is 18.2 Å². The fourth-order valence-electron chi connectivity index (χ4n) is 2.57. The fourth-order valence-corrected chi connectivity index (χ4v) is 2.57. The van der Waals surface area contributed by atoms with Gasteiger partial charge in [-0.3, -0.25) is 14.9 Å². The molecule has 0 amide bonds. The maximum absolute atomic E-state index is 10.9. The second kappa shape index (κ2) is 6.61. The van der Waals surface area contributed by atoms with Crippen molar-refractivity contribution >= 4 is 12.0 Å². The van der Waals surface area contributed by atoms with Crippen LogP contribution in [0.25, 0.3) is 0 Å². The smallest absolute Gasteiger partial charge is 0.272 e. The molecule has 107 valence electrons. The predicted molar refractivity (Wildman–Crippen MR) is 76.4 cm³/mol. The van der Waals surface area contributed by atoms with Crippen molar-refractivity contribution in [3.8, 4) is 0 Å². The molecule has 0 saturated carbocycles. The van der Waals surface area contributed by atoms with Gasteiger partial charge in [-0.1, -0.05) is 12.1 Å². The third-order valence-corrected chi connectivity index (χ3v) is 3.94. The van der Waals surface area contributed by atoms with Gasteiger partial charge >= 0.3 is 0 Å². The highest BCUT2D eigenvalue weighted by Gasteiger charge is 2.19. The summed E-state index contributed by atoms with van der Waals surface area (Å²) >= 11 is 0. The normalized spacial score (nSPS) is 17.1. The molecule has 1 heterocycles. The minimum absolute atomic E-state index is 0.0895. The maximum Gasteiger partial charge on any atom is 0.272 e. The highest BCUT2D eigenvalue weighted by atomic mass is 16.6. The number of carbonyl (C=O) groups excluding carboxylic acids is 1. The number of hydrogen-bond acceptors (Lipinski definition) is 4. The maximum atomic E-state index is 10.9. The first kappa shape index (κ1) is 14.7. The van der Waals surface area contributed by atoms with Crippen LogP contribution in [0.4, 0.5) is 5.69 Å². The average molecular weight is 275 g/mol. The summed E-state index contributed by atoms with van der Waals surface area (Å²) < 4.78 is 0. The van der Waals surface area contributed by atoms with Crippen molar-refractivity contribution in [2.45, 2.75) is 26.2 Å². The molecule has 1 aliphatic heterocycles. The number of benzene rings is 1. The van der Waals surface area contributed by atoms with Crippen LogP contribution in [0.3, 0.4) is 0 Å². The number of nitro benzene ring substituents is 1. The van der Waals surface area contributed by atoms with Crippen LogP contribution < -0.4 is 0 Å². The van der Waals surface area contributed by atoms with Crippen LogP contribution in [0, 0.1) is 23.0 Å². The van der Waals surface area contributed by atoms with Gasteiger partial charge < -0.3 is 4.90 Å². The standard InChI is InChI=1S/C15H19N2O3/c1-12-2-3-13(10-15(12)17(19)20)4-7-16-8-5-14(11-18)6-9-16/h2-3,10,14H,4-9H2,1H3. The molecule has 0 aromatic heterocycles. The van der Waals surface area contributed by atoms with Gasteiger partial charge in [-0.05, 0) is 44.8 Å². The molecule has 1 aromatic rings.